The first-order valence-corrected chi connectivity index (χ1v) is 8.31. The summed E-state index contributed by atoms with van der Waals surface area (Å²) in [5.74, 6) is -1.90. The SMILES string of the molecule is O=C(O)C1CCN(C(=O)c2ccccc2Nc2cccc(C(F)(F)F)c2)C1. The number of alkyl halides is 3. The van der Waals surface area contributed by atoms with Crippen LogP contribution in [0, 0.1) is 5.92 Å². The summed E-state index contributed by atoms with van der Waals surface area (Å²) in [6.07, 6.45) is -4.08. The third kappa shape index (κ3) is 4.21. The second-order valence-corrected chi connectivity index (χ2v) is 6.32. The lowest BCUT2D eigenvalue weighted by Crippen LogP contribution is -2.30. The van der Waals surface area contributed by atoms with E-state index >= 15 is 0 Å². The first-order chi connectivity index (χ1) is 12.8. The summed E-state index contributed by atoms with van der Waals surface area (Å²) < 4.78 is 38.7. The molecule has 2 aromatic carbocycles. The summed E-state index contributed by atoms with van der Waals surface area (Å²) in [5.41, 5.74) is 0.0524. The zero-order valence-corrected chi connectivity index (χ0v) is 14.2. The van der Waals surface area contributed by atoms with E-state index in [0.717, 1.165) is 12.1 Å². The second-order valence-electron chi connectivity index (χ2n) is 6.32. The minimum absolute atomic E-state index is 0.117. The summed E-state index contributed by atoms with van der Waals surface area (Å²) in [6, 6.07) is 11.2. The van der Waals surface area contributed by atoms with Crippen LogP contribution in [0.25, 0.3) is 0 Å². The molecule has 1 fully saturated rings. The number of halogens is 3. The van der Waals surface area contributed by atoms with Gasteiger partial charge in [0, 0.05) is 18.8 Å². The van der Waals surface area contributed by atoms with Gasteiger partial charge in [-0.2, -0.15) is 13.2 Å². The van der Waals surface area contributed by atoms with Crippen molar-refractivity contribution in [2.24, 2.45) is 5.92 Å². The Morgan fingerprint density at radius 1 is 1.11 bits per heavy atom. The van der Waals surface area contributed by atoms with Gasteiger partial charge in [-0.1, -0.05) is 18.2 Å². The van der Waals surface area contributed by atoms with E-state index in [1.54, 1.807) is 24.3 Å². The van der Waals surface area contributed by atoms with Crippen LogP contribution in [-0.4, -0.2) is 35.0 Å². The van der Waals surface area contributed by atoms with Gasteiger partial charge < -0.3 is 15.3 Å². The molecule has 1 aliphatic rings. The standard InChI is InChI=1S/C19H17F3N2O3/c20-19(21,22)13-4-3-5-14(10-13)23-16-7-2-1-6-15(16)17(25)24-9-8-12(11-24)18(26)27/h1-7,10,12,23H,8-9,11H2,(H,26,27). The summed E-state index contributed by atoms with van der Waals surface area (Å²) in [5, 5.41) is 11.9. The lowest BCUT2D eigenvalue weighted by Gasteiger charge is -2.19. The highest BCUT2D eigenvalue weighted by molar-refractivity contribution is 6.00. The molecule has 0 aliphatic carbocycles. The van der Waals surface area contributed by atoms with Gasteiger partial charge in [-0.25, -0.2) is 0 Å². The van der Waals surface area contributed by atoms with Crippen molar-refractivity contribution in [2.75, 3.05) is 18.4 Å². The van der Waals surface area contributed by atoms with Crippen LogP contribution in [0.15, 0.2) is 48.5 Å². The average molecular weight is 378 g/mol. The van der Waals surface area contributed by atoms with Gasteiger partial charge in [-0.15, -0.1) is 0 Å². The highest BCUT2D eigenvalue weighted by atomic mass is 19.4. The van der Waals surface area contributed by atoms with E-state index in [0.29, 0.717) is 18.7 Å². The molecule has 2 aromatic rings. The molecule has 1 heterocycles. The van der Waals surface area contributed by atoms with Crippen molar-refractivity contribution in [3.05, 3.63) is 59.7 Å². The molecule has 5 nitrogen and oxygen atoms in total. The molecule has 3 rings (SSSR count). The topological polar surface area (TPSA) is 69.6 Å². The number of carboxylic acids is 1. The van der Waals surface area contributed by atoms with Crippen LogP contribution in [0.4, 0.5) is 24.5 Å². The highest BCUT2D eigenvalue weighted by Crippen LogP contribution is 2.32. The minimum atomic E-state index is -4.46. The molecule has 0 bridgehead atoms. The van der Waals surface area contributed by atoms with E-state index in [9.17, 15) is 22.8 Å². The van der Waals surface area contributed by atoms with Crippen LogP contribution < -0.4 is 5.32 Å². The number of carbonyl (C=O) groups excluding carboxylic acids is 1. The van der Waals surface area contributed by atoms with Crippen LogP contribution >= 0.6 is 0 Å². The van der Waals surface area contributed by atoms with E-state index in [4.69, 9.17) is 5.11 Å². The highest BCUT2D eigenvalue weighted by Gasteiger charge is 2.32. The predicted molar refractivity (Wildman–Crippen MR) is 92.8 cm³/mol. The number of hydrogen-bond acceptors (Lipinski definition) is 3. The third-order valence-corrected chi connectivity index (χ3v) is 4.45. The van der Waals surface area contributed by atoms with E-state index in [2.05, 4.69) is 5.32 Å². The monoisotopic (exact) mass is 378 g/mol. The molecule has 142 valence electrons. The number of carboxylic acid groups (broad SMARTS) is 1. The number of aliphatic carboxylic acids is 1. The number of nitrogens with zero attached hydrogens (tertiary/aromatic N) is 1. The van der Waals surface area contributed by atoms with Gasteiger partial charge in [0.2, 0.25) is 0 Å². The first-order valence-electron chi connectivity index (χ1n) is 8.31. The molecule has 27 heavy (non-hydrogen) atoms. The van der Waals surface area contributed by atoms with Gasteiger partial charge in [0.15, 0.2) is 0 Å². The van der Waals surface area contributed by atoms with Crippen molar-refractivity contribution in [1.29, 1.82) is 0 Å². The zero-order valence-electron chi connectivity index (χ0n) is 14.2. The van der Waals surface area contributed by atoms with Gasteiger partial charge >= 0.3 is 12.1 Å². The van der Waals surface area contributed by atoms with Crippen LogP contribution in [0.3, 0.4) is 0 Å². The van der Waals surface area contributed by atoms with Crippen LogP contribution in [0.2, 0.25) is 0 Å². The quantitative estimate of drug-likeness (QED) is 0.844. The number of likely N-dealkylation sites (tertiary alicyclic amines) is 1. The fourth-order valence-corrected chi connectivity index (χ4v) is 3.02. The number of hydrogen-bond donors (Lipinski definition) is 2. The molecule has 1 saturated heterocycles. The third-order valence-electron chi connectivity index (χ3n) is 4.45. The van der Waals surface area contributed by atoms with Crippen LogP contribution in [-0.2, 0) is 11.0 Å². The van der Waals surface area contributed by atoms with Gasteiger partial charge in [0.1, 0.15) is 0 Å². The Hall–Kier alpha value is -3.03. The molecule has 0 radical (unpaired) electrons. The summed E-state index contributed by atoms with van der Waals surface area (Å²) in [6.45, 7) is 0.444. The maximum Gasteiger partial charge on any atom is 0.416 e. The molecule has 1 aliphatic heterocycles. The lowest BCUT2D eigenvalue weighted by atomic mass is 10.1. The minimum Gasteiger partial charge on any atom is -0.481 e. The second kappa shape index (κ2) is 7.30. The molecule has 1 unspecified atom stereocenters. The molecule has 8 heteroatoms. The van der Waals surface area contributed by atoms with Crippen molar-refractivity contribution in [2.45, 2.75) is 12.6 Å². The maximum absolute atomic E-state index is 12.9. The van der Waals surface area contributed by atoms with Gasteiger partial charge in [-0.05, 0) is 36.8 Å². The zero-order chi connectivity index (χ0) is 19.6. The van der Waals surface area contributed by atoms with Crippen molar-refractivity contribution in [3.63, 3.8) is 0 Å². The number of carbonyl (C=O) groups is 2. The maximum atomic E-state index is 12.9. The number of nitrogens with one attached hydrogen (secondary N) is 1. The Bertz CT molecular complexity index is 867. The normalized spacial score (nSPS) is 17.0. The lowest BCUT2D eigenvalue weighted by molar-refractivity contribution is -0.141. The molecule has 0 spiro atoms. The molecular weight excluding hydrogens is 361 g/mol. The Morgan fingerprint density at radius 2 is 1.85 bits per heavy atom. The molecule has 1 amide bonds. The summed E-state index contributed by atoms with van der Waals surface area (Å²) in [7, 11) is 0. The van der Waals surface area contributed by atoms with Gasteiger partial charge in [-0.3, -0.25) is 9.59 Å². The molecule has 2 N–H and O–H groups in total. The molecule has 0 saturated carbocycles. The van der Waals surface area contributed by atoms with Crippen LogP contribution in [0.5, 0.6) is 0 Å². The number of anilines is 2. The van der Waals surface area contributed by atoms with Gasteiger partial charge in [0.05, 0.1) is 22.7 Å². The van der Waals surface area contributed by atoms with E-state index in [1.807, 2.05) is 0 Å². The Morgan fingerprint density at radius 3 is 2.52 bits per heavy atom. The summed E-state index contributed by atoms with van der Waals surface area (Å²) in [4.78, 5) is 25.3. The number of para-hydroxylation sites is 1. The number of rotatable bonds is 4. The van der Waals surface area contributed by atoms with Crippen molar-refractivity contribution in [3.8, 4) is 0 Å². The smallest absolute Gasteiger partial charge is 0.416 e. The number of benzene rings is 2. The molecule has 0 aromatic heterocycles. The van der Waals surface area contributed by atoms with Crippen molar-refractivity contribution < 1.29 is 27.9 Å². The number of amides is 1. The van der Waals surface area contributed by atoms with E-state index < -0.39 is 23.6 Å². The van der Waals surface area contributed by atoms with Crippen molar-refractivity contribution >= 4 is 23.3 Å². The fourth-order valence-electron chi connectivity index (χ4n) is 3.02. The predicted octanol–water partition coefficient (Wildman–Crippen LogP) is 4.00. The van der Waals surface area contributed by atoms with Gasteiger partial charge in [0.25, 0.3) is 5.91 Å². The van der Waals surface area contributed by atoms with E-state index in [1.165, 1.54) is 17.0 Å². The fraction of sp³-hybridized carbons (Fsp3) is 0.263. The largest absolute Gasteiger partial charge is 0.481 e. The molecular formula is C19H17F3N2O3. The Kier molecular flexibility index (Phi) is 5.07. The summed E-state index contributed by atoms with van der Waals surface area (Å²) >= 11 is 0. The van der Waals surface area contributed by atoms with Crippen molar-refractivity contribution in [1.82, 2.24) is 4.90 Å². The Balaban J connectivity index is 1.83. The van der Waals surface area contributed by atoms with Crippen LogP contribution in [0.1, 0.15) is 22.3 Å². The first kappa shape index (κ1) is 18.8. The molecule has 1 atom stereocenters. The van der Waals surface area contributed by atoms with E-state index in [-0.39, 0.29) is 23.7 Å². The average Bonchev–Trinajstić information content (AvgIpc) is 3.12. The Labute approximate surface area is 153 Å².